The summed E-state index contributed by atoms with van der Waals surface area (Å²) < 4.78 is 0. The predicted octanol–water partition coefficient (Wildman–Crippen LogP) is 12.7. The molecule has 4 heteroatoms. The van der Waals surface area contributed by atoms with Gasteiger partial charge in [-0.25, -0.2) is 0 Å². The van der Waals surface area contributed by atoms with Crippen LogP contribution >= 0.6 is 17.0 Å². The molecule has 0 heterocycles. The second-order valence-corrected chi connectivity index (χ2v) is 14.8. The van der Waals surface area contributed by atoms with Crippen molar-refractivity contribution < 1.29 is 20.8 Å². The number of hydrogen-bond acceptors (Lipinski definition) is 0. The third-order valence-corrected chi connectivity index (χ3v) is 6.59. The molecule has 0 fully saturated rings. The molecule has 0 aromatic heterocycles. The first kappa shape index (κ1) is 37.0. The molecule has 43 heavy (non-hydrogen) atoms. The van der Waals surface area contributed by atoms with Crippen molar-refractivity contribution in [1.82, 2.24) is 0 Å². The molecule has 0 saturated carbocycles. The molecule has 0 N–H and O–H groups in total. The molecule has 6 rings (SSSR count). The standard InChI is InChI=1S/C22H25.C9H7.C6H5.C2H6Si.2ClH.Zr/c1-3-5-8-18-15-20-9-6-10-21(22(20)16-18)19-13-11-17(7-4-2)12-14-19;1-2-5-9-7-3-6-8(9)4-1;1-2-4-6-5-3-1;1-3-2;;;/h6,9-16H,3-5,7-8H2,1-2H3;1-7H;1-5H;1-2H3;2*1H;/q3*-1;;;;+2/p-2. The van der Waals surface area contributed by atoms with Crippen LogP contribution < -0.4 is 0 Å². The van der Waals surface area contributed by atoms with Crippen LogP contribution in [0.5, 0.6) is 0 Å². The van der Waals surface area contributed by atoms with E-state index in [0.29, 0.717) is 0 Å². The molecule has 0 aliphatic carbocycles. The SMILES string of the molecule is CCCCc1cc2c(-c3ccc(CCC)cc3)cccc2[cH-]1.C[Si]C.[Cl][Zr][Cl].[c-]1ccccc1.c1ccc2[cH-]ccc2c1. The maximum atomic E-state index is 4.93. The van der Waals surface area contributed by atoms with E-state index in [1.807, 2.05) is 30.3 Å². The average Bonchev–Trinajstić information content (AvgIpc) is 3.70. The van der Waals surface area contributed by atoms with Crippen LogP contribution in [0.2, 0.25) is 13.1 Å². The second-order valence-electron chi connectivity index (χ2n) is 10.0. The van der Waals surface area contributed by atoms with E-state index in [4.69, 9.17) is 17.0 Å². The van der Waals surface area contributed by atoms with Gasteiger partial charge in [0.1, 0.15) is 0 Å². The van der Waals surface area contributed by atoms with Gasteiger partial charge in [-0.05, 0) is 24.0 Å². The van der Waals surface area contributed by atoms with Gasteiger partial charge in [0, 0.05) is 9.52 Å². The fourth-order valence-electron chi connectivity index (χ4n) is 4.63. The topological polar surface area (TPSA) is 0 Å². The van der Waals surface area contributed by atoms with Crippen molar-refractivity contribution in [3.05, 3.63) is 145 Å². The molecule has 0 unspecified atom stereocenters. The minimum absolute atomic E-state index is 0.826. The van der Waals surface area contributed by atoms with Gasteiger partial charge < -0.3 is 0 Å². The number of hydrogen-bond donors (Lipinski definition) is 0. The van der Waals surface area contributed by atoms with E-state index in [1.54, 1.807) is 0 Å². The second kappa shape index (κ2) is 23.2. The van der Waals surface area contributed by atoms with Gasteiger partial charge in [-0.3, -0.25) is 0 Å². The fraction of sp³-hybridized carbons (Fsp3) is 0.231. The third-order valence-electron chi connectivity index (χ3n) is 6.59. The molecule has 0 aliphatic rings. The molecule has 6 aromatic carbocycles. The molecule has 0 spiro atoms. The fourth-order valence-corrected chi connectivity index (χ4v) is 4.63. The van der Waals surface area contributed by atoms with Crippen LogP contribution in [0.4, 0.5) is 0 Å². The minimum atomic E-state index is -0.826. The Labute approximate surface area is 281 Å². The molecule has 0 atom stereocenters. The first-order valence-corrected chi connectivity index (χ1v) is 23.3. The summed E-state index contributed by atoms with van der Waals surface area (Å²) in [5.41, 5.74) is 5.61. The summed E-state index contributed by atoms with van der Waals surface area (Å²) in [6, 6.07) is 47.7. The molecule has 224 valence electrons. The maximum absolute atomic E-state index is 4.93. The first-order chi connectivity index (χ1) is 21.1. The van der Waals surface area contributed by atoms with E-state index in [0.717, 1.165) is 9.52 Å². The first-order valence-electron chi connectivity index (χ1n) is 15.0. The van der Waals surface area contributed by atoms with Gasteiger partial charge in [0.25, 0.3) is 0 Å². The van der Waals surface area contributed by atoms with Gasteiger partial charge in [0.2, 0.25) is 0 Å². The van der Waals surface area contributed by atoms with Crippen LogP contribution in [0.1, 0.15) is 44.2 Å². The molecule has 0 bridgehead atoms. The zero-order chi connectivity index (χ0) is 31.1. The number of fused-ring (bicyclic) bond motifs is 2. The van der Waals surface area contributed by atoms with Crippen molar-refractivity contribution in [3.63, 3.8) is 0 Å². The molecule has 6 aromatic rings. The predicted molar refractivity (Wildman–Crippen MR) is 192 cm³/mol. The Kier molecular flexibility index (Phi) is 19.9. The molecule has 0 saturated heterocycles. The monoisotopic (exact) mass is 699 g/mol. The number of unbranched alkanes of at least 4 members (excludes halogenated alkanes) is 1. The van der Waals surface area contributed by atoms with Gasteiger partial charge in [-0.2, -0.15) is 60.0 Å². The van der Waals surface area contributed by atoms with Crippen molar-refractivity contribution in [3.8, 4) is 11.1 Å². The van der Waals surface area contributed by atoms with Crippen molar-refractivity contribution in [2.24, 2.45) is 0 Å². The zero-order valence-corrected chi connectivity index (χ0v) is 30.9. The largest absolute Gasteiger partial charge is 0.184 e. The van der Waals surface area contributed by atoms with Crippen molar-refractivity contribution in [2.75, 3.05) is 0 Å². The van der Waals surface area contributed by atoms with Gasteiger partial charge in [0.05, 0.1) is 0 Å². The quantitative estimate of drug-likeness (QED) is 0.120. The number of benzene rings is 4. The van der Waals surface area contributed by atoms with E-state index in [1.165, 1.54) is 75.9 Å². The molecular weight excluding hydrogens is 659 g/mol. The summed E-state index contributed by atoms with van der Waals surface area (Å²) in [7, 11) is 11.0. The normalized spacial score (nSPS) is 9.72. The Morgan fingerprint density at radius 3 is 2.00 bits per heavy atom. The van der Waals surface area contributed by atoms with Crippen LogP contribution in [-0.2, 0) is 33.7 Å². The summed E-state index contributed by atoms with van der Waals surface area (Å²) in [5, 5.41) is 5.44. The van der Waals surface area contributed by atoms with Gasteiger partial charge in [0.15, 0.2) is 0 Å². The molecule has 0 aliphatic heterocycles. The van der Waals surface area contributed by atoms with Crippen LogP contribution in [0.3, 0.4) is 0 Å². The Morgan fingerprint density at radius 1 is 0.744 bits per heavy atom. The zero-order valence-electron chi connectivity index (χ0n) is 25.9. The summed E-state index contributed by atoms with van der Waals surface area (Å²) in [6.07, 6.45) is 6.10. The van der Waals surface area contributed by atoms with E-state index in [2.05, 4.69) is 130 Å². The molecule has 0 nitrogen and oxygen atoms in total. The number of aryl methyl sites for hydroxylation is 2. The van der Waals surface area contributed by atoms with Crippen LogP contribution in [0.15, 0.2) is 127 Å². The number of halogens is 2. The third kappa shape index (κ3) is 14.0. The summed E-state index contributed by atoms with van der Waals surface area (Å²) in [6.45, 7) is 8.79. The van der Waals surface area contributed by atoms with E-state index in [-0.39, 0.29) is 0 Å². The molecular formula is C39H43Cl2SiZr-3. The van der Waals surface area contributed by atoms with Gasteiger partial charge >= 0.3 is 37.9 Å². The Morgan fingerprint density at radius 2 is 1.42 bits per heavy atom. The summed E-state index contributed by atoms with van der Waals surface area (Å²) in [5.74, 6) is 0. The van der Waals surface area contributed by atoms with Crippen LogP contribution in [-0.4, -0.2) is 9.52 Å². The van der Waals surface area contributed by atoms with E-state index >= 15 is 0 Å². The Hall–Kier alpha value is -2.22. The maximum Gasteiger partial charge on any atom is -0.0809 e. The minimum Gasteiger partial charge on any atom is -0.184 e. The van der Waals surface area contributed by atoms with E-state index in [9.17, 15) is 0 Å². The Bertz CT molecular complexity index is 1440. The average molecular weight is 702 g/mol. The van der Waals surface area contributed by atoms with E-state index < -0.39 is 20.8 Å². The van der Waals surface area contributed by atoms with Gasteiger partial charge in [-0.1, -0.05) is 88.2 Å². The summed E-state index contributed by atoms with van der Waals surface area (Å²) >= 11 is -0.826. The van der Waals surface area contributed by atoms with Crippen LogP contribution in [0, 0.1) is 6.07 Å². The number of rotatable bonds is 6. The van der Waals surface area contributed by atoms with Crippen molar-refractivity contribution in [1.29, 1.82) is 0 Å². The van der Waals surface area contributed by atoms with Crippen LogP contribution in [0.25, 0.3) is 32.7 Å². The Balaban J connectivity index is 0.000000249. The van der Waals surface area contributed by atoms with Gasteiger partial charge in [-0.15, -0.1) is 64.2 Å². The molecule has 0 amide bonds. The van der Waals surface area contributed by atoms with Crippen molar-refractivity contribution in [2.45, 2.75) is 59.0 Å². The smallest absolute Gasteiger partial charge is 0.0809 e. The summed E-state index contributed by atoms with van der Waals surface area (Å²) in [4.78, 5) is 0. The van der Waals surface area contributed by atoms with Crippen molar-refractivity contribution >= 4 is 48.1 Å². The molecule has 2 radical (unpaired) electrons.